The molecule has 122 valence electrons. The lowest BCUT2D eigenvalue weighted by Gasteiger charge is -2.01. The molecule has 0 saturated heterocycles. The number of hydrogen-bond acceptors (Lipinski definition) is 3. The second-order valence-electron chi connectivity index (χ2n) is 6.10. The fourth-order valence-corrected chi connectivity index (χ4v) is 2.89. The number of imidazole rings is 1. The van der Waals surface area contributed by atoms with Gasteiger partial charge in [0, 0.05) is 6.54 Å². The van der Waals surface area contributed by atoms with E-state index in [4.69, 9.17) is 0 Å². The lowest BCUT2D eigenvalue weighted by Crippen LogP contribution is -1.99. The number of para-hydroxylation sites is 2. The Morgan fingerprint density at radius 2 is 1.83 bits per heavy atom. The normalized spacial score (nSPS) is 11.3. The van der Waals surface area contributed by atoms with E-state index in [0.717, 1.165) is 29.8 Å². The Kier molecular flexibility index (Phi) is 5.40. The van der Waals surface area contributed by atoms with Crippen LogP contribution in [0.25, 0.3) is 11.0 Å². The van der Waals surface area contributed by atoms with Crippen LogP contribution in [0.5, 0.6) is 0 Å². The van der Waals surface area contributed by atoms with E-state index in [1.54, 1.807) is 0 Å². The molecule has 0 saturated carbocycles. The summed E-state index contributed by atoms with van der Waals surface area (Å²) in [7, 11) is 0. The standard InChI is InChI=1S/C18H25N5/c1-2-3-4-5-6-9-12-23-14-16(20-21-23)13-22-15-19-17-10-7-8-11-18(17)22/h7-8,10-11,14-15H,2-6,9,12-13H2,1H3. The quantitative estimate of drug-likeness (QED) is 0.560. The fourth-order valence-electron chi connectivity index (χ4n) is 2.89. The molecule has 0 bridgehead atoms. The van der Waals surface area contributed by atoms with Crippen molar-refractivity contribution in [1.82, 2.24) is 24.5 Å². The van der Waals surface area contributed by atoms with Gasteiger partial charge in [0.2, 0.25) is 0 Å². The molecule has 0 N–H and O–H groups in total. The van der Waals surface area contributed by atoms with Crippen LogP contribution in [0.4, 0.5) is 0 Å². The van der Waals surface area contributed by atoms with Crippen molar-refractivity contribution in [3.05, 3.63) is 42.5 Å². The van der Waals surface area contributed by atoms with E-state index < -0.39 is 0 Å². The summed E-state index contributed by atoms with van der Waals surface area (Å²) in [5.74, 6) is 0. The number of fused-ring (bicyclic) bond motifs is 1. The number of benzene rings is 1. The molecule has 0 atom stereocenters. The van der Waals surface area contributed by atoms with Crippen LogP contribution >= 0.6 is 0 Å². The van der Waals surface area contributed by atoms with E-state index in [1.165, 1.54) is 38.5 Å². The molecule has 0 aliphatic rings. The average molecular weight is 311 g/mol. The van der Waals surface area contributed by atoms with Crippen molar-refractivity contribution in [3.63, 3.8) is 0 Å². The van der Waals surface area contributed by atoms with Gasteiger partial charge in [-0.15, -0.1) is 5.10 Å². The van der Waals surface area contributed by atoms with Crippen molar-refractivity contribution in [2.75, 3.05) is 0 Å². The first-order chi connectivity index (χ1) is 11.4. The predicted molar refractivity (Wildman–Crippen MR) is 92.2 cm³/mol. The molecular formula is C18H25N5. The summed E-state index contributed by atoms with van der Waals surface area (Å²) in [6.45, 7) is 3.93. The molecular weight excluding hydrogens is 286 g/mol. The molecule has 5 nitrogen and oxygen atoms in total. The molecule has 0 aliphatic carbocycles. The van der Waals surface area contributed by atoms with Gasteiger partial charge >= 0.3 is 0 Å². The third-order valence-electron chi connectivity index (χ3n) is 4.19. The number of aromatic nitrogens is 5. The topological polar surface area (TPSA) is 48.5 Å². The molecule has 0 fully saturated rings. The fraction of sp³-hybridized carbons (Fsp3) is 0.500. The van der Waals surface area contributed by atoms with Crippen LogP contribution in [-0.2, 0) is 13.1 Å². The molecule has 0 amide bonds. The summed E-state index contributed by atoms with van der Waals surface area (Å²) in [6.07, 6.45) is 11.7. The minimum atomic E-state index is 0.719. The summed E-state index contributed by atoms with van der Waals surface area (Å²) < 4.78 is 4.09. The molecule has 2 aromatic heterocycles. The zero-order chi connectivity index (χ0) is 15.9. The summed E-state index contributed by atoms with van der Waals surface area (Å²) in [5, 5.41) is 8.53. The van der Waals surface area contributed by atoms with Crippen molar-refractivity contribution in [2.45, 2.75) is 58.5 Å². The van der Waals surface area contributed by atoms with Gasteiger partial charge in [0.05, 0.1) is 30.1 Å². The van der Waals surface area contributed by atoms with Gasteiger partial charge in [0.15, 0.2) is 0 Å². The highest BCUT2D eigenvalue weighted by atomic mass is 15.4. The van der Waals surface area contributed by atoms with E-state index in [0.29, 0.717) is 0 Å². The molecule has 0 unspecified atom stereocenters. The van der Waals surface area contributed by atoms with Gasteiger partial charge in [-0.2, -0.15) is 0 Å². The molecule has 2 heterocycles. The zero-order valence-corrected chi connectivity index (χ0v) is 13.9. The van der Waals surface area contributed by atoms with Gasteiger partial charge in [-0.1, -0.05) is 56.4 Å². The highest BCUT2D eigenvalue weighted by molar-refractivity contribution is 5.74. The maximum absolute atomic E-state index is 4.41. The van der Waals surface area contributed by atoms with E-state index in [2.05, 4.69) is 39.1 Å². The first-order valence-electron chi connectivity index (χ1n) is 8.65. The first-order valence-corrected chi connectivity index (χ1v) is 8.65. The first kappa shape index (κ1) is 15.7. The summed E-state index contributed by atoms with van der Waals surface area (Å²) >= 11 is 0. The number of rotatable bonds is 9. The number of nitrogens with zero attached hydrogens (tertiary/aromatic N) is 5. The van der Waals surface area contributed by atoms with Gasteiger partial charge in [-0.05, 0) is 18.6 Å². The molecule has 3 rings (SSSR count). The Balaban J connectivity index is 1.51. The van der Waals surface area contributed by atoms with Gasteiger partial charge in [-0.25, -0.2) is 4.98 Å². The summed E-state index contributed by atoms with van der Waals surface area (Å²) in [4.78, 5) is 4.41. The van der Waals surface area contributed by atoms with Crippen molar-refractivity contribution in [2.24, 2.45) is 0 Å². The average Bonchev–Trinajstić information content (AvgIpc) is 3.19. The van der Waals surface area contributed by atoms with E-state index in [1.807, 2.05) is 29.2 Å². The molecule has 0 aliphatic heterocycles. The van der Waals surface area contributed by atoms with Gasteiger partial charge in [0.1, 0.15) is 5.69 Å². The van der Waals surface area contributed by atoms with Crippen molar-refractivity contribution >= 4 is 11.0 Å². The van der Waals surface area contributed by atoms with Gasteiger partial charge < -0.3 is 4.57 Å². The van der Waals surface area contributed by atoms with Crippen LogP contribution in [0.3, 0.4) is 0 Å². The van der Waals surface area contributed by atoms with Crippen LogP contribution in [0.15, 0.2) is 36.8 Å². The maximum atomic E-state index is 4.41. The molecule has 0 radical (unpaired) electrons. The van der Waals surface area contributed by atoms with Crippen LogP contribution in [0.1, 0.15) is 51.1 Å². The minimum absolute atomic E-state index is 0.719. The van der Waals surface area contributed by atoms with Gasteiger partial charge in [-0.3, -0.25) is 4.68 Å². The zero-order valence-electron chi connectivity index (χ0n) is 13.9. The molecule has 3 aromatic rings. The number of unbranched alkanes of at least 4 members (excludes halogenated alkanes) is 5. The third-order valence-corrected chi connectivity index (χ3v) is 4.19. The highest BCUT2D eigenvalue weighted by Crippen LogP contribution is 2.13. The molecule has 0 spiro atoms. The minimum Gasteiger partial charge on any atom is -0.324 e. The second-order valence-corrected chi connectivity index (χ2v) is 6.10. The molecule has 23 heavy (non-hydrogen) atoms. The van der Waals surface area contributed by atoms with Crippen molar-refractivity contribution in [1.29, 1.82) is 0 Å². The molecule has 1 aromatic carbocycles. The largest absolute Gasteiger partial charge is 0.324 e. The number of hydrogen-bond donors (Lipinski definition) is 0. The number of aryl methyl sites for hydroxylation is 1. The predicted octanol–water partition coefficient (Wildman–Crippen LogP) is 4.04. The third kappa shape index (κ3) is 4.18. The van der Waals surface area contributed by atoms with E-state index in [-0.39, 0.29) is 0 Å². The smallest absolute Gasteiger partial charge is 0.102 e. The Bertz CT molecular complexity index is 728. The van der Waals surface area contributed by atoms with E-state index >= 15 is 0 Å². The van der Waals surface area contributed by atoms with Crippen LogP contribution in [0, 0.1) is 0 Å². The summed E-state index contributed by atoms with van der Waals surface area (Å²) in [6, 6.07) is 8.16. The second kappa shape index (κ2) is 7.90. The Hall–Kier alpha value is -2.17. The lowest BCUT2D eigenvalue weighted by molar-refractivity contribution is 0.516. The maximum Gasteiger partial charge on any atom is 0.102 e. The molecule has 5 heteroatoms. The Morgan fingerprint density at radius 1 is 1.00 bits per heavy atom. The highest BCUT2D eigenvalue weighted by Gasteiger charge is 2.05. The Labute approximate surface area is 137 Å². The Morgan fingerprint density at radius 3 is 2.74 bits per heavy atom. The SMILES string of the molecule is CCCCCCCCn1cc(Cn2cnc3ccccc32)nn1. The van der Waals surface area contributed by atoms with Crippen LogP contribution in [-0.4, -0.2) is 24.5 Å². The lowest BCUT2D eigenvalue weighted by atomic mass is 10.1. The van der Waals surface area contributed by atoms with Gasteiger partial charge in [0.25, 0.3) is 0 Å². The van der Waals surface area contributed by atoms with Crippen molar-refractivity contribution < 1.29 is 0 Å². The van der Waals surface area contributed by atoms with Crippen molar-refractivity contribution in [3.8, 4) is 0 Å². The van der Waals surface area contributed by atoms with E-state index in [9.17, 15) is 0 Å². The monoisotopic (exact) mass is 311 g/mol. The summed E-state index contributed by atoms with van der Waals surface area (Å²) in [5.41, 5.74) is 3.14. The van der Waals surface area contributed by atoms with Crippen LogP contribution < -0.4 is 0 Å². The van der Waals surface area contributed by atoms with Crippen LogP contribution in [0.2, 0.25) is 0 Å².